The van der Waals surface area contributed by atoms with E-state index in [9.17, 15) is 4.79 Å². The molecule has 0 aliphatic heterocycles. The van der Waals surface area contributed by atoms with E-state index in [-0.39, 0.29) is 12.5 Å². The molecule has 0 fully saturated rings. The van der Waals surface area contributed by atoms with Crippen molar-refractivity contribution < 1.29 is 9.32 Å². The topological polar surface area (TPSA) is 67.2 Å². The zero-order chi connectivity index (χ0) is 13.8. The number of carbonyl (C=O) groups is 1. The van der Waals surface area contributed by atoms with Crippen LogP contribution in [0.3, 0.4) is 0 Å². The number of rotatable bonds is 4. The summed E-state index contributed by atoms with van der Waals surface area (Å²) in [5.74, 6) is 0.852. The van der Waals surface area contributed by atoms with Gasteiger partial charge in [-0.2, -0.15) is 0 Å². The van der Waals surface area contributed by atoms with Gasteiger partial charge in [0, 0.05) is 16.8 Å². The fraction of sp³-hybridized carbons (Fsp3) is 0.231. The lowest BCUT2D eigenvalue weighted by atomic mass is 10.2. The lowest BCUT2D eigenvalue weighted by molar-refractivity contribution is -0.114. The normalized spacial score (nSPS) is 10.3. The molecule has 0 spiro atoms. The Bertz CT molecular complexity index is 595. The van der Waals surface area contributed by atoms with Crippen LogP contribution in [0.5, 0.6) is 0 Å². The number of aromatic nitrogens is 1. The second-order valence-corrected chi connectivity index (χ2v) is 4.60. The number of nitrogens with one attached hydrogen (secondary N) is 2. The van der Waals surface area contributed by atoms with Crippen molar-refractivity contribution in [3.05, 3.63) is 40.6 Å². The second-order valence-electron chi connectivity index (χ2n) is 4.19. The molecule has 6 heteroatoms. The first-order valence-electron chi connectivity index (χ1n) is 5.78. The molecule has 19 heavy (non-hydrogen) atoms. The summed E-state index contributed by atoms with van der Waals surface area (Å²) in [6.07, 6.45) is 0. The minimum absolute atomic E-state index is 0.130. The van der Waals surface area contributed by atoms with Gasteiger partial charge in [0.2, 0.25) is 5.91 Å². The summed E-state index contributed by atoms with van der Waals surface area (Å²) >= 11 is 6.00. The highest BCUT2D eigenvalue weighted by Gasteiger charge is 2.06. The number of benzene rings is 1. The van der Waals surface area contributed by atoms with Crippen LogP contribution in [0.2, 0.25) is 5.02 Å². The molecule has 1 aromatic heterocycles. The zero-order valence-corrected chi connectivity index (χ0v) is 11.4. The zero-order valence-electron chi connectivity index (χ0n) is 10.7. The van der Waals surface area contributed by atoms with E-state index >= 15 is 0 Å². The molecule has 0 bridgehead atoms. The average Bonchev–Trinajstić information content (AvgIpc) is 2.76. The van der Waals surface area contributed by atoms with E-state index in [2.05, 4.69) is 15.8 Å². The quantitative estimate of drug-likeness (QED) is 0.903. The first-order chi connectivity index (χ1) is 9.04. The van der Waals surface area contributed by atoms with Crippen LogP contribution in [0.15, 0.2) is 28.8 Å². The highest BCUT2D eigenvalue weighted by Crippen LogP contribution is 2.19. The van der Waals surface area contributed by atoms with Crippen LogP contribution in [0.4, 0.5) is 11.5 Å². The molecule has 0 unspecified atom stereocenters. The van der Waals surface area contributed by atoms with Gasteiger partial charge in [0.05, 0.1) is 6.54 Å². The Kier molecular flexibility index (Phi) is 4.06. The molecular formula is C13H14ClN3O2. The maximum absolute atomic E-state index is 11.7. The number of anilines is 2. The molecule has 0 aliphatic carbocycles. The highest BCUT2D eigenvalue weighted by atomic mass is 35.5. The van der Waals surface area contributed by atoms with Crippen LogP contribution < -0.4 is 10.6 Å². The van der Waals surface area contributed by atoms with Crippen molar-refractivity contribution in [3.63, 3.8) is 0 Å². The van der Waals surface area contributed by atoms with E-state index in [4.69, 9.17) is 16.1 Å². The van der Waals surface area contributed by atoms with Gasteiger partial charge in [0.25, 0.3) is 0 Å². The third-order valence-corrected chi connectivity index (χ3v) is 2.93. The number of amides is 1. The lowest BCUT2D eigenvalue weighted by Gasteiger charge is -2.07. The number of nitrogens with zero attached hydrogens (tertiary/aromatic N) is 1. The molecule has 0 atom stereocenters. The number of aryl methyl sites for hydroxylation is 2. The SMILES string of the molecule is Cc1cc(NC(=O)CNc2ccc(C)c(Cl)c2)no1. The van der Waals surface area contributed by atoms with Gasteiger partial charge in [-0.3, -0.25) is 4.79 Å². The molecule has 0 radical (unpaired) electrons. The Labute approximate surface area is 115 Å². The van der Waals surface area contributed by atoms with Gasteiger partial charge in [0.1, 0.15) is 5.76 Å². The predicted molar refractivity (Wildman–Crippen MR) is 74.5 cm³/mol. The van der Waals surface area contributed by atoms with Gasteiger partial charge >= 0.3 is 0 Å². The van der Waals surface area contributed by atoms with Crippen LogP contribution in [0.1, 0.15) is 11.3 Å². The minimum Gasteiger partial charge on any atom is -0.376 e. The Morgan fingerprint density at radius 2 is 2.16 bits per heavy atom. The number of carbonyl (C=O) groups excluding carboxylic acids is 1. The molecule has 2 N–H and O–H groups in total. The first-order valence-corrected chi connectivity index (χ1v) is 6.15. The van der Waals surface area contributed by atoms with Crippen molar-refractivity contribution in [2.45, 2.75) is 13.8 Å². The van der Waals surface area contributed by atoms with Crippen molar-refractivity contribution >= 4 is 29.0 Å². The Morgan fingerprint density at radius 3 is 2.79 bits per heavy atom. The van der Waals surface area contributed by atoms with Crippen LogP contribution >= 0.6 is 11.6 Å². The Balaban J connectivity index is 1.88. The van der Waals surface area contributed by atoms with E-state index in [1.54, 1.807) is 19.1 Å². The summed E-state index contributed by atoms with van der Waals surface area (Å²) in [4.78, 5) is 11.7. The maximum atomic E-state index is 11.7. The molecule has 2 rings (SSSR count). The van der Waals surface area contributed by atoms with E-state index < -0.39 is 0 Å². The standard InChI is InChI=1S/C13H14ClN3O2/c1-8-3-4-10(6-11(8)14)15-7-13(18)16-12-5-9(2)19-17-12/h3-6,15H,7H2,1-2H3,(H,16,17,18). The first kappa shape index (κ1) is 13.4. The van der Waals surface area contributed by atoms with E-state index in [1.165, 1.54) is 0 Å². The van der Waals surface area contributed by atoms with E-state index in [0.717, 1.165) is 11.3 Å². The van der Waals surface area contributed by atoms with Crippen LogP contribution in [0, 0.1) is 13.8 Å². The number of hydrogen-bond acceptors (Lipinski definition) is 4. The van der Waals surface area contributed by atoms with Crippen LogP contribution in [-0.2, 0) is 4.79 Å². The van der Waals surface area contributed by atoms with Crippen molar-refractivity contribution in [2.75, 3.05) is 17.2 Å². The summed E-state index contributed by atoms with van der Waals surface area (Å²) in [6.45, 7) is 3.81. The monoisotopic (exact) mass is 279 g/mol. The lowest BCUT2D eigenvalue weighted by Crippen LogP contribution is -2.21. The number of hydrogen-bond donors (Lipinski definition) is 2. The third kappa shape index (κ3) is 3.72. The van der Waals surface area contributed by atoms with E-state index in [0.29, 0.717) is 16.6 Å². The van der Waals surface area contributed by atoms with Crippen LogP contribution in [-0.4, -0.2) is 17.6 Å². The number of halogens is 1. The molecular weight excluding hydrogens is 266 g/mol. The fourth-order valence-electron chi connectivity index (χ4n) is 1.50. The molecule has 1 amide bonds. The molecule has 1 aromatic carbocycles. The maximum Gasteiger partial charge on any atom is 0.244 e. The van der Waals surface area contributed by atoms with Gasteiger partial charge in [-0.05, 0) is 31.5 Å². The summed E-state index contributed by atoms with van der Waals surface area (Å²) in [6, 6.07) is 7.20. The minimum atomic E-state index is -0.204. The molecule has 0 saturated heterocycles. The molecule has 2 aromatic rings. The second kappa shape index (κ2) is 5.75. The smallest absolute Gasteiger partial charge is 0.244 e. The van der Waals surface area contributed by atoms with Crippen molar-refractivity contribution in [3.8, 4) is 0 Å². The highest BCUT2D eigenvalue weighted by molar-refractivity contribution is 6.31. The van der Waals surface area contributed by atoms with Gasteiger partial charge in [-0.25, -0.2) is 0 Å². The Hall–Kier alpha value is -2.01. The average molecular weight is 280 g/mol. The van der Waals surface area contributed by atoms with Crippen molar-refractivity contribution in [1.29, 1.82) is 0 Å². The molecule has 0 saturated carbocycles. The van der Waals surface area contributed by atoms with Gasteiger partial charge < -0.3 is 15.2 Å². The van der Waals surface area contributed by atoms with Crippen LogP contribution in [0.25, 0.3) is 0 Å². The van der Waals surface area contributed by atoms with Gasteiger partial charge in [-0.15, -0.1) is 0 Å². The van der Waals surface area contributed by atoms with E-state index in [1.807, 2.05) is 19.1 Å². The molecule has 1 heterocycles. The fourth-order valence-corrected chi connectivity index (χ4v) is 1.68. The molecule has 5 nitrogen and oxygen atoms in total. The molecule has 0 aliphatic rings. The Morgan fingerprint density at radius 1 is 1.37 bits per heavy atom. The summed E-state index contributed by atoms with van der Waals surface area (Å²) in [7, 11) is 0. The molecule has 100 valence electrons. The van der Waals surface area contributed by atoms with Crippen molar-refractivity contribution in [1.82, 2.24) is 5.16 Å². The van der Waals surface area contributed by atoms with Gasteiger partial charge in [-0.1, -0.05) is 22.8 Å². The largest absolute Gasteiger partial charge is 0.376 e. The third-order valence-electron chi connectivity index (χ3n) is 2.52. The summed E-state index contributed by atoms with van der Waals surface area (Å²) in [5.41, 5.74) is 1.79. The van der Waals surface area contributed by atoms with Gasteiger partial charge in [0.15, 0.2) is 5.82 Å². The van der Waals surface area contributed by atoms with Crippen molar-refractivity contribution in [2.24, 2.45) is 0 Å². The summed E-state index contributed by atoms with van der Waals surface area (Å²) in [5, 5.41) is 9.95. The summed E-state index contributed by atoms with van der Waals surface area (Å²) < 4.78 is 4.85. The predicted octanol–water partition coefficient (Wildman–Crippen LogP) is 3.00.